The van der Waals surface area contributed by atoms with Crippen molar-refractivity contribution in [2.45, 2.75) is 291 Å². The lowest BCUT2D eigenvalue weighted by Gasteiger charge is -2.31. The molecule has 0 saturated heterocycles. The fourth-order valence-corrected chi connectivity index (χ4v) is 11.0. The number of unbranched alkanes of at least 4 members (excludes halogenated alkanes) is 5. The van der Waals surface area contributed by atoms with E-state index in [1.807, 2.05) is 0 Å². The van der Waals surface area contributed by atoms with Crippen LogP contribution in [0.4, 0.5) is 62.9 Å². The van der Waals surface area contributed by atoms with Crippen LogP contribution in [0.2, 0.25) is 20.1 Å². The number of anilines is 6. The second-order valence-electron chi connectivity index (χ2n) is 32.0. The van der Waals surface area contributed by atoms with E-state index in [9.17, 15) is 33.6 Å². The zero-order valence-corrected chi connectivity index (χ0v) is 76.0. The van der Waals surface area contributed by atoms with Gasteiger partial charge in [-0.1, -0.05) is 159 Å². The number of hydrogen-bond donors (Lipinski definition) is 0. The molecule has 0 aliphatic rings. The van der Waals surface area contributed by atoms with Crippen LogP contribution in [0.15, 0.2) is 95.1 Å². The van der Waals surface area contributed by atoms with Gasteiger partial charge >= 0.3 is 36.6 Å². The number of amides is 10. The van der Waals surface area contributed by atoms with Gasteiger partial charge in [-0.3, -0.25) is 28.8 Å². The van der Waals surface area contributed by atoms with Gasteiger partial charge in [0.1, 0.15) is 33.6 Å². The minimum Gasteiger partial charge on any atom is -0.443 e. The van der Waals surface area contributed by atoms with Crippen LogP contribution in [0.1, 0.15) is 272 Å². The SMILES string of the molecule is CCC(C)(C)OC(=O)N(/N=C(\C(C)=O)C(=O)N(C(=O)OC(C)(C)CC)c1cc(Cl)c(N(C(=O)OC(C)(C)CC)C(=O)/C(=N/N(C(=O)OC(C)(C)CC)c2cc(C(=O)N(C(=O)OC(C)(C)CC)c3cccc(C)c3C)ccc2Cl)C(C)=O)cc1C)c1cc(C(=O)N(C(=O)OC(C)(C)CC)c2cccc(Cl)c2C)ccc1Cl.CCCCCCCC. The molecule has 5 aromatic rings. The van der Waals surface area contributed by atoms with Crippen LogP contribution in [0.3, 0.4) is 0 Å². The zero-order chi connectivity index (χ0) is 89.8. The third kappa shape index (κ3) is 26.9. The van der Waals surface area contributed by atoms with Crippen molar-refractivity contribution >= 4 is 164 Å². The average molecular weight is 1720 g/mol. The second-order valence-corrected chi connectivity index (χ2v) is 33.7. The number of halogens is 4. The smallest absolute Gasteiger partial charge is 0.435 e. The van der Waals surface area contributed by atoms with E-state index in [0.717, 1.165) is 47.9 Å². The van der Waals surface area contributed by atoms with E-state index in [0.29, 0.717) is 49.3 Å². The molecule has 0 aromatic heterocycles. The molecular weight excluding hydrogens is 1600 g/mol. The number of Topliss-reactive ketones (excluding diaryl/α,β-unsaturated/α-hetero) is 2. The molecule has 5 aromatic carbocycles. The predicted molar refractivity (Wildman–Crippen MR) is 465 cm³/mol. The quantitative estimate of drug-likeness (QED) is 0.0131. The third-order valence-electron chi connectivity index (χ3n) is 20.0. The minimum atomic E-state index is -1.62. The van der Waals surface area contributed by atoms with E-state index < -0.39 is 145 Å². The van der Waals surface area contributed by atoms with Gasteiger partial charge in [0, 0.05) is 30.0 Å². The van der Waals surface area contributed by atoms with Crippen molar-refractivity contribution in [2.75, 3.05) is 29.6 Å². The largest absolute Gasteiger partial charge is 0.443 e. The zero-order valence-electron chi connectivity index (χ0n) is 73.0. The summed E-state index contributed by atoms with van der Waals surface area (Å²) < 4.78 is 35.4. The van der Waals surface area contributed by atoms with Crippen molar-refractivity contribution in [3.8, 4) is 0 Å². The normalized spacial score (nSPS) is 12.1. The van der Waals surface area contributed by atoms with Crippen molar-refractivity contribution < 1.29 is 86.0 Å². The summed E-state index contributed by atoms with van der Waals surface area (Å²) in [6.45, 7) is 41.6. The first-order valence-corrected chi connectivity index (χ1v) is 41.0. The first-order chi connectivity index (χ1) is 54.7. The van der Waals surface area contributed by atoms with Gasteiger partial charge in [0.25, 0.3) is 23.6 Å². The molecule has 26 nitrogen and oxygen atoms in total. The Balaban J connectivity index is 0.00000346. The summed E-state index contributed by atoms with van der Waals surface area (Å²) in [7, 11) is 0. The van der Waals surface area contributed by atoms with Crippen LogP contribution in [0.25, 0.3) is 0 Å². The van der Waals surface area contributed by atoms with Crippen molar-refractivity contribution in [1.82, 2.24) is 0 Å². The number of carbonyl (C=O) groups excluding carboxylic acids is 12. The fourth-order valence-electron chi connectivity index (χ4n) is 10.2. The number of imide groups is 4. The van der Waals surface area contributed by atoms with E-state index >= 15 is 24.0 Å². The molecule has 0 unspecified atom stereocenters. The first-order valence-electron chi connectivity index (χ1n) is 39.5. The molecule has 0 heterocycles. The Morgan fingerprint density at radius 1 is 0.322 bits per heavy atom. The highest BCUT2D eigenvalue weighted by atomic mass is 35.5. The van der Waals surface area contributed by atoms with Crippen molar-refractivity contribution in [3.63, 3.8) is 0 Å². The average Bonchev–Trinajstić information content (AvgIpc) is 0.771. The topological polar surface area (TPSA) is 304 Å². The molecule has 0 atom stereocenters. The highest BCUT2D eigenvalue weighted by molar-refractivity contribution is 6.70. The van der Waals surface area contributed by atoms with E-state index in [1.165, 1.54) is 129 Å². The van der Waals surface area contributed by atoms with Gasteiger partial charge in [0.2, 0.25) is 0 Å². The van der Waals surface area contributed by atoms with Gasteiger partial charge in [-0.25, -0.2) is 48.4 Å². The summed E-state index contributed by atoms with van der Waals surface area (Å²) in [4.78, 5) is 181. The van der Waals surface area contributed by atoms with E-state index in [2.05, 4.69) is 24.1 Å². The summed E-state index contributed by atoms with van der Waals surface area (Å²) in [6.07, 6.45) is 1.88. The number of aryl methyl sites for hydroxylation is 2. The number of benzene rings is 5. The van der Waals surface area contributed by atoms with E-state index in [-0.39, 0.29) is 68.8 Å². The highest BCUT2D eigenvalue weighted by Gasteiger charge is 2.43. The van der Waals surface area contributed by atoms with Gasteiger partial charge in [0.05, 0.1) is 49.2 Å². The molecule has 10 amide bonds. The van der Waals surface area contributed by atoms with Crippen LogP contribution in [0.5, 0.6) is 0 Å². The van der Waals surface area contributed by atoms with Crippen LogP contribution < -0.4 is 29.6 Å². The highest BCUT2D eigenvalue weighted by Crippen LogP contribution is 2.40. The molecule has 0 radical (unpaired) electrons. The monoisotopic (exact) mass is 1710 g/mol. The van der Waals surface area contributed by atoms with Crippen molar-refractivity contribution in [1.29, 1.82) is 0 Å². The maximum Gasteiger partial charge on any atom is 0.435 e. The van der Waals surface area contributed by atoms with Gasteiger partial charge in [-0.05, 0) is 238 Å². The Kier molecular flexibility index (Phi) is 36.5. The molecule has 0 aliphatic carbocycles. The van der Waals surface area contributed by atoms with Gasteiger partial charge in [-0.15, -0.1) is 0 Å². The summed E-state index contributed by atoms with van der Waals surface area (Å²) in [5, 5.41) is 8.29. The van der Waals surface area contributed by atoms with Gasteiger partial charge in [0.15, 0.2) is 23.0 Å². The Bertz CT molecular complexity index is 4360. The van der Waals surface area contributed by atoms with Gasteiger partial charge in [-0.2, -0.15) is 20.2 Å². The fraction of sp³-hybridized carbons (Fsp3) is 0.500. The first kappa shape index (κ1) is 101. The van der Waals surface area contributed by atoms with Crippen molar-refractivity contribution in [2.24, 2.45) is 10.2 Å². The standard InChI is InChI=1S/C80H98Cl4N8O18.C8H18/c1-25-75(13,14)105-69(99)87(57-35-31-33-45(7)47(57)9)65(95)51-37-39-54(82)61(42-51)92(74(104)110-80(23,24)30-6)86-64(50(12)94)68(98)90(72(102)108-78(19,20)28-4)60-41-46(8)59(44-56(60)84)89(71(101)107-77(17,18)27-3)67(97)63(49(11)93)85-91(73(103)109-79(21,22)29-5)62-43-52(38-40-55(62)83)66(96)88(70(100)106-76(15,16)26-2)58-36-32-34-53(81)48(58)10;1-3-5-7-8-6-4-2/h31-44H,25-30H2,1-24H3;3-8H2,1-2H3/b85-63+,86-64+;. The van der Waals surface area contributed by atoms with E-state index in [4.69, 9.17) is 74.8 Å². The number of rotatable bonds is 31. The maximum absolute atomic E-state index is 15.8. The lowest BCUT2D eigenvalue weighted by atomic mass is 10.1. The number of nitrogens with zero attached hydrogens (tertiary/aromatic N) is 8. The molecule has 0 aliphatic heterocycles. The third-order valence-corrected chi connectivity index (χ3v) is 21.3. The Hall–Kier alpha value is -9.76. The molecule has 0 bridgehead atoms. The summed E-state index contributed by atoms with van der Waals surface area (Å²) >= 11 is 27.6. The van der Waals surface area contributed by atoms with Crippen LogP contribution >= 0.6 is 46.4 Å². The molecule has 5 rings (SSSR count). The number of hydrazone groups is 2. The number of ether oxygens (including phenoxy) is 6. The molecule has 0 fully saturated rings. The lowest BCUT2D eigenvalue weighted by molar-refractivity contribution is -0.117. The molecular formula is C88H116Cl4N8O18. The number of hydrogen-bond acceptors (Lipinski definition) is 20. The summed E-state index contributed by atoms with van der Waals surface area (Å²) in [5.74, 6) is -7.67. The maximum atomic E-state index is 15.8. The van der Waals surface area contributed by atoms with E-state index in [1.54, 1.807) is 122 Å². The lowest BCUT2D eigenvalue weighted by Crippen LogP contribution is -2.48. The Morgan fingerprint density at radius 3 is 0.966 bits per heavy atom. The summed E-state index contributed by atoms with van der Waals surface area (Å²) in [6, 6.07) is 18.3. The second kappa shape index (κ2) is 42.8. The number of carbonyl (C=O) groups is 12. The Morgan fingerprint density at radius 2 is 0.636 bits per heavy atom. The predicted octanol–water partition coefficient (Wildman–Crippen LogP) is 23.7. The molecule has 0 saturated carbocycles. The van der Waals surface area contributed by atoms with Gasteiger partial charge < -0.3 is 28.4 Å². The molecule has 0 N–H and O–H groups in total. The minimum absolute atomic E-state index is 0.0180. The van der Waals surface area contributed by atoms with Crippen LogP contribution in [0, 0.1) is 27.7 Å². The molecule has 644 valence electrons. The molecule has 0 spiro atoms. The van der Waals surface area contributed by atoms with Crippen molar-refractivity contribution in [3.05, 3.63) is 138 Å². The number of ketones is 2. The Labute approximate surface area is 714 Å². The molecule has 118 heavy (non-hydrogen) atoms. The van der Waals surface area contributed by atoms with Crippen LogP contribution in [-0.4, -0.2) is 117 Å². The van der Waals surface area contributed by atoms with Crippen LogP contribution in [-0.2, 0) is 47.6 Å². The molecule has 30 heteroatoms. The summed E-state index contributed by atoms with van der Waals surface area (Å²) in [5.41, 5.74) is -11.2.